The molecule has 0 unspecified atom stereocenters. The summed E-state index contributed by atoms with van der Waals surface area (Å²) in [5, 5.41) is 6.95. The van der Waals surface area contributed by atoms with Gasteiger partial charge in [0.25, 0.3) is 0 Å². The molecule has 6 nitrogen and oxygen atoms in total. The number of ether oxygens (including phenoxy) is 2. The minimum atomic E-state index is -0.198. The molecule has 2 aromatic rings. The number of hydrogen-bond acceptors (Lipinski definition) is 3. The summed E-state index contributed by atoms with van der Waals surface area (Å²) in [6.07, 6.45) is 4.22. The van der Waals surface area contributed by atoms with Crippen molar-refractivity contribution < 1.29 is 14.3 Å². The Hall–Kier alpha value is -2.05. The Labute approximate surface area is 142 Å². The summed E-state index contributed by atoms with van der Waals surface area (Å²) in [5.41, 5.74) is 1.91. The number of carbonyl (C=O) groups is 1. The maximum Gasteiger partial charge on any atom is 0.319 e. The van der Waals surface area contributed by atoms with Crippen molar-refractivity contribution in [1.82, 2.24) is 9.88 Å². The molecule has 2 heterocycles. The number of aromatic nitrogens is 1. The van der Waals surface area contributed by atoms with Gasteiger partial charge in [-0.25, -0.2) is 4.79 Å². The number of amides is 2. The highest BCUT2D eigenvalue weighted by atomic mass is 16.5. The molecular formula is C18H25N3O3. The van der Waals surface area contributed by atoms with Crippen molar-refractivity contribution in [2.75, 3.05) is 25.6 Å². The van der Waals surface area contributed by atoms with E-state index in [0.717, 1.165) is 42.6 Å². The summed E-state index contributed by atoms with van der Waals surface area (Å²) >= 11 is 0. The molecule has 0 bridgehead atoms. The molecular weight excluding hydrogens is 306 g/mol. The van der Waals surface area contributed by atoms with Gasteiger partial charge in [-0.15, -0.1) is 0 Å². The highest BCUT2D eigenvalue weighted by Gasteiger charge is 2.23. The second kappa shape index (κ2) is 7.68. The van der Waals surface area contributed by atoms with Crippen LogP contribution in [0, 0.1) is 0 Å². The number of hydrogen-bond donors (Lipinski definition) is 2. The number of carbonyl (C=O) groups excluding carboxylic acids is 1. The van der Waals surface area contributed by atoms with Crippen molar-refractivity contribution in [1.29, 1.82) is 0 Å². The van der Waals surface area contributed by atoms with E-state index in [2.05, 4.69) is 15.2 Å². The molecule has 1 aliphatic heterocycles. The van der Waals surface area contributed by atoms with Gasteiger partial charge in [-0.05, 0) is 44.0 Å². The fourth-order valence-electron chi connectivity index (χ4n) is 3.13. The lowest BCUT2D eigenvalue weighted by Crippen LogP contribution is -2.42. The first-order valence-corrected chi connectivity index (χ1v) is 8.44. The number of fused-ring (bicyclic) bond motifs is 1. The van der Waals surface area contributed by atoms with Crippen LogP contribution in [0.1, 0.15) is 19.8 Å². The SMILES string of the molecule is COCCn1ccc2cc(NC(=O)N[C@H](C)[C@@H]3CCCO3)ccc21. The number of anilines is 1. The molecule has 6 heteroatoms. The number of benzene rings is 1. The molecule has 3 rings (SSSR count). The average molecular weight is 331 g/mol. The van der Waals surface area contributed by atoms with Crippen LogP contribution in [0.3, 0.4) is 0 Å². The molecule has 130 valence electrons. The Bertz CT molecular complexity index is 692. The molecule has 2 atom stereocenters. The molecule has 1 aromatic carbocycles. The normalized spacial score (nSPS) is 18.7. The zero-order valence-electron chi connectivity index (χ0n) is 14.2. The fraction of sp³-hybridized carbons (Fsp3) is 0.500. The second-order valence-electron chi connectivity index (χ2n) is 6.21. The molecule has 0 aliphatic carbocycles. The summed E-state index contributed by atoms with van der Waals surface area (Å²) in [7, 11) is 1.70. The van der Waals surface area contributed by atoms with Crippen molar-refractivity contribution >= 4 is 22.6 Å². The van der Waals surface area contributed by atoms with Gasteiger partial charge in [0, 0.05) is 43.0 Å². The number of urea groups is 1. The summed E-state index contributed by atoms with van der Waals surface area (Å²) < 4.78 is 12.9. The van der Waals surface area contributed by atoms with Crippen LogP contribution >= 0.6 is 0 Å². The van der Waals surface area contributed by atoms with Crippen LogP contribution < -0.4 is 10.6 Å². The third-order valence-corrected chi connectivity index (χ3v) is 4.45. The van der Waals surface area contributed by atoms with E-state index in [4.69, 9.17) is 9.47 Å². The van der Waals surface area contributed by atoms with Gasteiger partial charge in [0.05, 0.1) is 18.8 Å². The van der Waals surface area contributed by atoms with Gasteiger partial charge in [0.2, 0.25) is 0 Å². The van der Waals surface area contributed by atoms with Crippen LogP contribution in [-0.4, -0.2) is 43.1 Å². The lowest BCUT2D eigenvalue weighted by Gasteiger charge is -2.20. The number of nitrogens with one attached hydrogen (secondary N) is 2. The van der Waals surface area contributed by atoms with Crippen molar-refractivity contribution in [2.45, 2.75) is 38.5 Å². The number of rotatable bonds is 6. The van der Waals surface area contributed by atoms with Gasteiger partial charge in [0.15, 0.2) is 0 Å². The summed E-state index contributed by atoms with van der Waals surface area (Å²) in [5.74, 6) is 0. The topological polar surface area (TPSA) is 64.5 Å². The second-order valence-corrected chi connectivity index (χ2v) is 6.21. The maximum atomic E-state index is 12.2. The zero-order valence-corrected chi connectivity index (χ0v) is 14.2. The first kappa shape index (κ1) is 16.8. The van der Waals surface area contributed by atoms with E-state index in [1.54, 1.807) is 7.11 Å². The molecule has 1 fully saturated rings. The Kier molecular flexibility index (Phi) is 5.37. The summed E-state index contributed by atoms with van der Waals surface area (Å²) in [6, 6.07) is 7.77. The number of nitrogens with zero attached hydrogens (tertiary/aromatic N) is 1. The zero-order chi connectivity index (χ0) is 16.9. The third-order valence-electron chi connectivity index (χ3n) is 4.45. The minimum absolute atomic E-state index is 0.00589. The highest BCUT2D eigenvalue weighted by molar-refractivity contribution is 5.93. The maximum absolute atomic E-state index is 12.2. The fourth-order valence-corrected chi connectivity index (χ4v) is 3.13. The van der Waals surface area contributed by atoms with Crippen molar-refractivity contribution in [3.63, 3.8) is 0 Å². The molecule has 1 aliphatic rings. The molecule has 1 aromatic heterocycles. The van der Waals surface area contributed by atoms with Gasteiger partial charge in [-0.3, -0.25) is 0 Å². The Morgan fingerprint density at radius 2 is 2.33 bits per heavy atom. The van der Waals surface area contributed by atoms with Gasteiger partial charge >= 0.3 is 6.03 Å². The first-order valence-electron chi connectivity index (χ1n) is 8.44. The van der Waals surface area contributed by atoms with Crippen molar-refractivity contribution in [3.05, 3.63) is 30.5 Å². The predicted octanol–water partition coefficient (Wildman–Crippen LogP) is 2.98. The molecule has 2 N–H and O–H groups in total. The van der Waals surface area contributed by atoms with E-state index in [1.165, 1.54) is 0 Å². The Morgan fingerprint density at radius 3 is 3.08 bits per heavy atom. The lowest BCUT2D eigenvalue weighted by atomic mass is 10.1. The predicted molar refractivity (Wildman–Crippen MR) is 94.4 cm³/mol. The highest BCUT2D eigenvalue weighted by Crippen LogP contribution is 2.21. The van der Waals surface area contributed by atoms with Crippen LogP contribution in [-0.2, 0) is 16.0 Å². The van der Waals surface area contributed by atoms with E-state index in [9.17, 15) is 4.79 Å². The molecule has 24 heavy (non-hydrogen) atoms. The summed E-state index contributed by atoms with van der Waals surface area (Å²) in [6.45, 7) is 4.25. The van der Waals surface area contributed by atoms with E-state index in [-0.39, 0.29) is 18.2 Å². The first-order chi connectivity index (χ1) is 11.7. The van der Waals surface area contributed by atoms with E-state index in [0.29, 0.717) is 6.61 Å². The van der Waals surface area contributed by atoms with E-state index < -0.39 is 0 Å². The van der Waals surface area contributed by atoms with E-state index in [1.807, 2.05) is 37.4 Å². The molecule has 0 spiro atoms. The molecule has 1 saturated heterocycles. The summed E-state index contributed by atoms with van der Waals surface area (Å²) in [4.78, 5) is 12.2. The van der Waals surface area contributed by atoms with Crippen LogP contribution in [0.15, 0.2) is 30.5 Å². The average Bonchev–Trinajstić information content (AvgIpc) is 3.22. The van der Waals surface area contributed by atoms with Gasteiger partial charge in [-0.2, -0.15) is 0 Å². The number of methoxy groups -OCH3 is 1. The van der Waals surface area contributed by atoms with Crippen LogP contribution in [0.25, 0.3) is 10.9 Å². The minimum Gasteiger partial charge on any atom is -0.383 e. The van der Waals surface area contributed by atoms with Gasteiger partial charge < -0.3 is 24.7 Å². The van der Waals surface area contributed by atoms with Crippen molar-refractivity contribution in [3.8, 4) is 0 Å². The standard InChI is InChI=1S/C18H25N3O3/c1-13(17-4-3-10-24-17)19-18(22)20-15-5-6-16-14(12-15)7-8-21(16)9-11-23-2/h5-8,12-13,17H,3-4,9-11H2,1-2H3,(H2,19,20,22)/t13-,17+/m1/s1. The van der Waals surface area contributed by atoms with Crippen LogP contribution in [0.4, 0.5) is 10.5 Å². The third kappa shape index (κ3) is 3.88. The van der Waals surface area contributed by atoms with Crippen LogP contribution in [0.5, 0.6) is 0 Å². The quantitative estimate of drug-likeness (QED) is 0.855. The molecule has 0 radical (unpaired) electrons. The lowest BCUT2D eigenvalue weighted by molar-refractivity contribution is 0.0868. The van der Waals surface area contributed by atoms with E-state index >= 15 is 0 Å². The molecule has 2 amide bonds. The monoisotopic (exact) mass is 331 g/mol. The molecule has 0 saturated carbocycles. The largest absolute Gasteiger partial charge is 0.383 e. The van der Waals surface area contributed by atoms with Gasteiger partial charge in [-0.1, -0.05) is 0 Å². The van der Waals surface area contributed by atoms with Crippen molar-refractivity contribution in [2.24, 2.45) is 0 Å². The Balaban J connectivity index is 1.61. The Morgan fingerprint density at radius 1 is 1.46 bits per heavy atom. The smallest absolute Gasteiger partial charge is 0.319 e. The van der Waals surface area contributed by atoms with Gasteiger partial charge in [0.1, 0.15) is 0 Å². The van der Waals surface area contributed by atoms with Crippen LogP contribution in [0.2, 0.25) is 0 Å².